The van der Waals surface area contributed by atoms with Gasteiger partial charge in [0.1, 0.15) is 10.8 Å². The zero-order valence-corrected chi connectivity index (χ0v) is 12.5. The van der Waals surface area contributed by atoms with Crippen molar-refractivity contribution < 1.29 is 14.1 Å². The average molecular weight is 308 g/mol. The Morgan fingerprint density at radius 3 is 3.19 bits per heavy atom. The number of carbonyl (C=O) groups excluding carboxylic acids is 1. The number of aryl methyl sites for hydroxylation is 1. The van der Waals surface area contributed by atoms with Gasteiger partial charge >= 0.3 is 6.03 Å². The molecule has 1 aliphatic rings. The minimum Gasteiger partial charge on any atom is -0.375 e. The van der Waals surface area contributed by atoms with E-state index in [4.69, 9.17) is 9.26 Å². The SMILES string of the molecule is CCc1cc(NC(=O)NCc2nc3c(s2)COCC3)no1. The Labute approximate surface area is 125 Å². The quantitative estimate of drug-likeness (QED) is 0.902. The Bertz CT molecular complexity index is 614. The minimum atomic E-state index is -0.324. The normalized spacial score (nSPS) is 13.8. The van der Waals surface area contributed by atoms with E-state index in [0.29, 0.717) is 19.0 Å². The first-order chi connectivity index (χ1) is 10.2. The predicted molar refractivity (Wildman–Crippen MR) is 77.2 cm³/mol. The number of rotatable bonds is 4. The van der Waals surface area contributed by atoms with Gasteiger partial charge in [-0.05, 0) is 0 Å². The van der Waals surface area contributed by atoms with Crippen LogP contribution >= 0.6 is 11.3 Å². The smallest absolute Gasteiger partial charge is 0.320 e. The van der Waals surface area contributed by atoms with Crippen LogP contribution < -0.4 is 10.6 Å². The van der Waals surface area contributed by atoms with Crippen molar-refractivity contribution in [2.75, 3.05) is 11.9 Å². The maximum Gasteiger partial charge on any atom is 0.320 e. The Morgan fingerprint density at radius 1 is 1.52 bits per heavy atom. The van der Waals surface area contributed by atoms with Gasteiger partial charge in [0.05, 0.1) is 30.3 Å². The summed E-state index contributed by atoms with van der Waals surface area (Å²) < 4.78 is 10.4. The van der Waals surface area contributed by atoms with Gasteiger partial charge in [-0.3, -0.25) is 5.32 Å². The van der Waals surface area contributed by atoms with Crippen molar-refractivity contribution in [1.82, 2.24) is 15.5 Å². The number of nitrogens with zero attached hydrogens (tertiary/aromatic N) is 2. The first-order valence-electron chi connectivity index (χ1n) is 6.80. The van der Waals surface area contributed by atoms with Gasteiger partial charge in [0.25, 0.3) is 0 Å². The molecule has 0 atom stereocenters. The topological polar surface area (TPSA) is 89.3 Å². The standard InChI is InChI=1S/C13H16N4O3S/c1-2-8-5-11(17-20-8)16-13(18)14-6-12-15-9-3-4-19-7-10(9)21-12/h5H,2-4,6-7H2,1H3,(H2,14,16,17,18). The number of amides is 2. The molecular weight excluding hydrogens is 292 g/mol. The van der Waals surface area contributed by atoms with Crippen molar-refractivity contribution in [1.29, 1.82) is 0 Å². The van der Waals surface area contributed by atoms with Gasteiger partial charge in [0.2, 0.25) is 0 Å². The number of ether oxygens (including phenoxy) is 1. The molecular formula is C13H16N4O3S. The molecule has 2 aromatic heterocycles. The van der Waals surface area contributed by atoms with Gasteiger partial charge in [-0.25, -0.2) is 9.78 Å². The maximum absolute atomic E-state index is 11.8. The summed E-state index contributed by atoms with van der Waals surface area (Å²) in [5, 5.41) is 10.0. The molecule has 2 N–H and O–H groups in total. The Balaban J connectivity index is 1.52. The molecule has 7 nitrogen and oxygen atoms in total. The van der Waals surface area contributed by atoms with E-state index in [0.717, 1.165) is 40.8 Å². The number of aromatic nitrogens is 2. The first-order valence-corrected chi connectivity index (χ1v) is 7.62. The Hall–Kier alpha value is -1.93. The second-order valence-corrected chi connectivity index (χ2v) is 5.79. The van der Waals surface area contributed by atoms with Crippen LogP contribution in [0, 0.1) is 0 Å². The molecule has 8 heteroatoms. The lowest BCUT2D eigenvalue weighted by Gasteiger charge is -2.08. The molecule has 1 aliphatic heterocycles. The van der Waals surface area contributed by atoms with Gasteiger partial charge in [-0.1, -0.05) is 12.1 Å². The highest BCUT2D eigenvalue weighted by Gasteiger charge is 2.16. The Morgan fingerprint density at radius 2 is 2.43 bits per heavy atom. The van der Waals surface area contributed by atoms with Crippen LogP contribution in [-0.2, 0) is 30.7 Å². The van der Waals surface area contributed by atoms with Crippen molar-refractivity contribution in [3.63, 3.8) is 0 Å². The Kier molecular flexibility index (Phi) is 4.16. The maximum atomic E-state index is 11.8. The molecule has 0 bridgehead atoms. The van der Waals surface area contributed by atoms with Crippen LogP contribution in [0.5, 0.6) is 0 Å². The fourth-order valence-corrected chi connectivity index (χ4v) is 3.00. The summed E-state index contributed by atoms with van der Waals surface area (Å²) in [5.74, 6) is 1.15. The van der Waals surface area contributed by atoms with Crippen molar-refractivity contribution in [3.05, 3.63) is 27.4 Å². The summed E-state index contributed by atoms with van der Waals surface area (Å²) >= 11 is 1.58. The number of fused-ring (bicyclic) bond motifs is 1. The second-order valence-electron chi connectivity index (χ2n) is 4.62. The number of hydrogen-bond acceptors (Lipinski definition) is 6. The van der Waals surface area contributed by atoms with Gasteiger partial charge in [0.15, 0.2) is 5.82 Å². The molecule has 2 amide bonds. The molecule has 2 aromatic rings. The fourth-order valence-electron chi connectivity index (χ4n) is 2.01. The van der Waals surface area contributed by atoms with Crippen LogP contribution in [0.15, 0.2) is 10.6 Å². The van der Waals surface area contributed by atoms with Crippen LogP contribution in [0.2, 0.25) is 0 Å². The molecule has 21 heavy (non-hydrogen) atoms. The monoisotopic (exact) mass is 308 g/mol. The zero-order chi connectivity index (χ0) is 14.7. The number of nitrogens with one attached hydrogen (secondary N) is 2. The third kappa shape index (κ3) is 3.40. The van der Waals surface area contributed by atoms with Crippen molar-refractivity contribution in [3.8, 4) is 0 Å². The van der Waals surface area contributed by atoms with Gasteiger partial charge in [-0.15, -0.1) is 11.3 Å². The summed E-state index contributed by atoms with van der Waals surface area (Å²) in [7, 11) is 0. The van der Waals surface area contributed by atoms with Crippen molar-refractivity contribution in [2.45, 2.75) is 32.9 Å². The summed E-state index contributed by atoms with van der Waals surface area (Å²) in [4.78, 5) is 17.4. The molecule has 0 fully saturated rings. The predicted octanol–water partition coefficient (Wildman–Crippen LogP) is 2.09. The van der Waals surface area contributed by atoms with Crippen LogP contribution in [0.25, 0.3) is 0 Å². The number of thiazole rings is 1. The van der Waals surface area contributed by atoms with Crippen LogP contribution in [0.3, 0.4) is 0 Å². The molecule has 0 radical (unpaired) electrons. The summed E-state index contributed by atoms with van der Waals surface area (Å²) in [6.07, 6.45) is 1.58. The van der Waals surface area contributed by atoms with Crippen LogP contribution in [-0.4, -0.2) is 22.8 Å². The molecule has 112 valence electrons. The minimum absolute atomic E-state index is 0.324. The van der Waals surface area contributed by atoms with E-state index < -0.39 is 0 Å². The lowest BCUT2D eigenvalue weighted by atomic mass is 10.2. The summed E-state index contributed by atoms with van der Waals surface area (Å²) in [6.45, 7) is 3.69. The zero-order valence-electron chi connectivity index (χ0n) is 11.6. The molecule has 3 heterocycles. The summed E-state index contributed by atoms with van der Waals surface area (Å²) in [5.41, 5.74) is 1.09. The second kappa shape index (κ2) is 6.23. The van der Waals surface area contributed by atoms with E-state index >= 15 is 0 Å². The molecule has 0 aliphatic carbocycles. The van der Waals surface area contributed by atoms with E-state index in [9.17, 15) is 4.79 Å². The van der Waals surface area contributed by atoms with Gasteiger partial charge in [0, 0.05) is 18.9 Å². The average Bonchev–Trinajstić information content (AvgIpc) is 3.10. The molecule has 0 aromatic carbocycles. The summed E-state index contributed by atoms with van der Waals surface area (Å²) in [6, 6.07) is 1.38. The lowest BCUT2D eigenvalue weighted by Crippen LogP contribution is -2.28. The molecule has 0 spiro atoms. The van der Waals surface area contributed by atoms with E-state index in [1.165, 1.54) is 0 Å². The van der Waals surface area contributed by atoms with E-state index in [-0.39, 0.29) is 6.03 Å². The third-order valence-electron chi connectivity index (χ3n) is 3.09. The van der Waals surface area contributed by atoms with E-state index in [2.05, 4.69) is 20.8 Å². The van der Waals surface area contributed by atoms with E-state index in [1.54, 1.807) is 17.4 Å². The highest BCUT2D eigenvalue weighted by Crippen LogP contribution is 2.23. The molecule has 0 unspecified atom stereocenters. The highest BCUT2D eigenvalue weighted by molar-refractivity contribution is 7.11. The number of anilines is 1. The molecule has 0 saturated carbocycles. The third-order valence-corrected chi connectivity index (χ3v) is 4.16. The van der Waals surface area contributed by atoms with Crippen molar-refractivity contribution in [2.24, 2.45) is 0 Å². The largest absolute Gasteiger partial charge is 0.375 e. The first kappa shape index (κ1) is 14.0. The number of urea groups is 1. The fraction of sp³-hybridized carbons (Fsp3) is 0.462. The lowest BCUT2D eigenvalue weighted by molar-refractivity contribution is 0.112. The van der Waals surface area contributed by atoms with Crippen LogP contribution in [0.1, 0.15) is 28.3 Å². The van der Waals surface area contributed by atoms with E-state index in [1.807, 2.05) is 6.92 Å². The number of carbonyl (C=O) groups is 1. The number of hydrogen-bond donors (Lipinski definition) is 2. The molecule has 0 saturated heterocycles. The highest BCUT2D eigenvalue weighted by atomic mass is 32.1. The van der Waals surface area contributed by atoms with Crippen LogP contribution in [0.4, 0.5) is 10.6 Å². The van der Waals surface area contributed by atoms with Crippen molar-refractivity contribution >= 4 is 23.2 Å². The van der Waals surface area contributed by atoms with Gasteiger partial charge < -0.3 is 14.6 Å². The van der Waals surface area contributed by atoms with Gasteiger partial charge in [-0.2, -0.15) is 0 Å². The molecule has 3 rings (SSSR count).